The normalized spacial score (nSPS) is 10.2. The Kier molecular flexibility index (Phi) is 3.49. The van der Waals surface area contributed by atoms with Crippen molar-refractivity contribution in [3.05, 3.63) is 58.6 Å². The Hall–Kier alpha value is -1.74. The maximum atomic E-state index is 11.9. The molecule has 0 spiro atoms. The first-order valence-corrected chi connectivity index (χ1v) is 5.60. The van der Waals surface area contributed by atoms with E-state index < -0.39 is 0 Å². The molecule has 0 bridgehead atoms. The average Bonchev–Trinajstić information content (AvgIpc) is 2.34. The van der Waals surface area contributed by atoms with Gasteiger partial charge < -0.3 is 0 Å². The van der Waals surface area contributed by atoms with Crippen LogP contribution in [0.3, 0.4) is 0 Å². The highest BCUT2D eigenvalue weighted by atomic mass is 35.5. The van der Waals surface area contributed by atoms with E-state index in [2.05, 4.69) is 9.97 Å². The van der Waals surface area contributed by atoms with E-state index in [1.165, 1.54) is 0 Å². The highest BCUT2D eigenvalue weighted by Gasteiger charge is 2.11. The smallest absolute Gasteiger partial charge is 0.204 e. The standard InChI is InChI=1S/C13H11ClN2O/c1-9-3-4-10(11(14)7-9)8-12(17)13-15-5-2-6-16-13/h2-7H,8H2,1H3. The number of hydrogen-bond acceptors (Lipinski definition) is 3. The molecule has 0 radical (unpaired) electrons. The Morgan fingerprint density at radius 2 is 2.00 bits per heavy atom. The van der Waals surface area contributed by atoms with Gasteiger partial charge in [-0.05, 0) is 30.2 Å². The largest absolute Gasteiger partial charge is 0.290 e. The molecule has 1 heterocycles. The highest BCUT2D eigenvalue weighted by Crippen LogP contribution is 2.18. The Morgan fingerprint density at radius 3 is 2.65 bits per heavy atom. The minimum absolute atomic E-state index is 0.128. The Morgan fingerprint density at radius 1 is 1.29 bits per heavy atom. The molecule has 0 aliphatic heterocycles. The third kappa shape index (κ3) is 2.88. The van der Waals surface area contributed by atoms with Crippen molar-refractivity contribution in [1.29, 1.82) is 0 Å². The number of carbonyl (C=O) groups excluding carboxylic acids is 1. The molecule has 86 valence electrons. The van der Waals surface area contributed by atoms with E-state index in [1.807, 2.05) is 25.1 Å². The van der Waals surface area contributed by atoms with Gasteiger partial charge in [0.05, 0.1) is 0 Å². The number of carbonyl (C=O) groups is 1. The maximum Gasteiger partial charge on any atom is 0.204 e. The summed E-state index contributed by atoms with van der Waals surface area (Å²) < 4.78 is 0. The summed E-state index contributed by atoms with van der Waals surface area (Å²) in [6.07, 6.45) is 3.33. The zero-order chi connectivity index (χ0) is 12.3. The lowest BCUT2D eigenvalue weighted by Crippen LogP contribution is -2.08. The minimum atomic E-state index is -0.128. The molecule has 2 aromatic rings. The van der Waals surface area contributed by atoms with E-state index in [9.17, 15) is 4.79 Å². The fourth-order valence-electron chi connectivity index (χ4n) is 1.49. The molecular formula is C13H11ClN2O. The molecule has 0 saturated heterocycles. The molecule has 1 aromatic carbocycles. The predicted molar refractivity (Wildman–Crippen MR) is 66.3 cm³/mol. The van der Waals surface area contributed by atoms with Gasteiger partial charge in [-0.3, -0.25) is 4.79 Å². The number of rotatable bonds is 3. The van der Waals surface area contributed by atoms with Gasteiger partial charge in [0.15, 0.2) is 5.82 Å². The van der Waals surface area contributed by atoms with Gasteiger partial charge in [-0.1, -0.05) is 23.7 Å². The van der Waals surface area contributed by atoms with Gasteiger partial charge in [-0.2, -0.15) is 0 Å². The van der Waals surface area contributed by atoms with Crippen LogP contribution in [0.5, 0.6) is 0 Å². The predicted octanol–water partition coefficient (Wildman–Crippen LogP) is 2.86. The number of benzene rings is 1. The lowest BCUT2D eigenvalue weighted by atomic mass is 10.1. The SMILES string of the molecule is Cc1ccc(CC(=O)c2ncccn2)c(Cl)c1. The molecular weight excluding hydrogens is 236 g/mol. The van der Waals surface area contributed by atoms with Crippen LogP contribution in [0.1, 0.15) is 21.7 Å². The van der Waals surface area contributed by atoms with E-state index >= 15 is 0 Å². The van der Waals surface area contributed by atoms with Gasteiger partial charge in [0.2, 0.25) is 5.78 Å². The second-order valence-corrected chi connectivity index (χ2v) is 4.17. The fraction of sp³-hybridized carbons (Fsp3) is 0.154. The van der Waals surface area contributed by atoms with Crippen LogP contribution in [0.15, 0.2) is 36.7 Å². The van der Waals surface area contributed by atoms with Crippen LogP contribution in [0, 0.1) is 6.92 Å². The van der Waals surface area contributed by atoms with Crippen LogP contribution in [-0.2, 0) is 6.42 Å². The quantitative estimate of drug-likeness (QED) is 0.782. The summed E-state index contributed by atoms with van der Waals surface area (Å²) in [5, 5.41) is 0.606. The van der Waals surface area contributed by atoms with Crippen molar-refractivity contribution < 1.29 is 4.79 Å². The summed E-state index contributed by atoms with van der Waals surface area (Å²) in [4.78, 5) is 19.7. The number of aryl methyl sites for hydroxylation is 1. The molecule has 1 aromatic heterocycles. The Bertz CT molecular complexity index is 540. The monoisotopic (exact) mass is 246 g/mol. The van der Waals surface area contributed by atoms with Crippen molar-refractivity contribution in [2.45, 2.75) is 13.3 Å². The molecule has 3 nitrogen and oxygen atoms in total. The van der Waals surface area contributed by atoms with Crippen LogP contribution in [-0.4, -0.2) is 15.8 Å². The third-order valence-corrected chi connectivity index (χ3v) is 2.73. The van der Waals surface area contributed by atoms with Crippen molar-refractivity contribution in [3.63, 3.8) is 0 Å². The van der Waals surface area contributed by atoms with Crippen molar-refractivity contribution in [2.24, 2.45) is 0 Å². The average molecular weight is 247 g/mol. The first-order chi connectivity index (χ1) is 8.16. The molecule has 2 rings (SSSR count). The third-order valence-electron chi connectivity index (χ3n) is 2.37. The fourth-order valence-corrected chi connectivity index (χ4v) is 1.79. The van der Waals surface area contributed by atoms with Crippen LogP contribution in [0.25, 0.3) is 0 Å². The zero-order valence-electron chi connectivity index (χ0n) is 9.35. The lowest BCUT2D eigenvalue weighted by molar-refractivity contribution is 0.0983. The summed E-state index contributed by atoms with van der Waals surface area (Å²) in [5.41, 5.74) is 1.87. The summed E-state index contributed by atoms with van der Waals surface area (Å²) in [6, 6.07) is 7.31. The summed E-state index contributed by atoms with van der Waals surface area (Å²) in [7, 11) is 0. The molecule has 0 aliphatic rings. The molecule has 17 heavy (non-hydrogen) atoms. The number of hydrogen-bond donors (Lipinski definition) is 0. The van der Waals surface area contributed by atoms with Crippen LogP contribution >= 0.6 is 11.6 Å². The summed E-state index contributed by atoms with van der Waals surface area (Å²) in [5.74, 6) is 0.0977. The second-order valence-electron chi connectivity index (χ2n) is 3.77. The number of nitrogens with zero attached hydrogens (tertiary/aromatic N) is 2. The van der Waals surface area contributed by atoms with Gasteiger partial charge in [0.1, 0.15) is 0 Å². The van der Waals surface area contributed by atoms with Gasteiger partial charge >= 0.3 is 0 Å². The van der Waals surface area contributed by atoms with E-state index in [1.54, 1.807) is 18.5 Å². The zero-order valence-corrected chi connectivity index (χ0v) is 10.1. The molecule has 0 atom stereocenters. The van der Waals surface area contributed by atoms with Gasteiger partial charge in [0, 0.05) is 23.8 Å². The summed E-state index contributed by atoms with van der Waals surface area (Å²) >= 11 is 6.07. The van der Waals surface area contributed by atoms with Crippen molar-refractivity contribution in [3.8, 4) is 0 Å². The van der Waals surface area contributed by atoms with Crippen LogP contribution < -0.4 is 0 Å². The van der Waals surface area contributed by atoms with E-state index in [-0.39, 0.29) is 18.0 Å². The Balaban J connectivity index is 2.19. The van der Waals surface area contributed by atoms with E-state index in [0.717, 1.165) is 11.1 Å². The first kappa shape index (κ1) is 11.7. The second kappa shape index (κ2) is 5.06. The van der Waals surface area contributed by atoms with Crippen molar-refractivity contribution in [1.82, 2.24) is 9.97 Å². The molecule has 0 aliphatic carbocycles. The number of Topliss-reactive ketones (excluding diaryl/α,β-unsaturated/α-hetero) is 1. The molecule has 0 fully saturated rings. The number of ketones is 1. The first-order valence-electron chi connectivity index (χ1n) is 5.22. The lowest BCUT2D eigenvalue weighted by Gasteiger charge is -2.03. The molecule has 0 amide bonds. The van der Waals surface area contributed by atoms with E-state index in [4.69, 9.17) is 11.6 Å². The van der Waals surface area contributed by atoms with Crippen LogP contribution in [0.2, 0.25) is 5.02 Å². The van der Waals surface area contributed by atoms with Gasteiger partial charge in [0.25, 0.3) is 0 Å². The molecule has 0 N–H and O–H groups in total. The summed E-state index contributed by atoms with van der Waals surface area (Å²) in [6.45, 7) is 1.96. The molecule has 0 unspecified atom stereocenters. The van der Waals surface area contributed by atoms with Crippen molar-refractivity contribution in [2.75, 3.05) is 0 Å². The topological polar surface area (TPSA) is 42.9 Å². The Labute approximate surface area is 104 Å². The molecule has 0 saturated carbocycles. The van der Waals surface area contributed by atoms with Gasteiger partial charge in [-0.25, -0.2) is 9.97 Å². The maximum absolute atomic E-state index is 11.9. The highest BCUT2D eigenvalue weighted by molar-refractivity contribution is 6.31. The molecule has 4 heteroatoms. The van der Waals surface area contributed by atoms with Gasteiger partial charge in [-0.15, -0.1) is 0 Å². The number of halogens is 1. The number of aromatic nitrogens is 2. The van der Waals surface area contributed by atoms with Crippen molar-refractivity contribution >= 4 is 17.4 Å². The van der Waals surface area contributed by atoms with E-state index in [0.29, 0.717) is 5.02 Å². The minimum Gasteiger partial charge on any atom is -0.290 e. The van der Waals surface area contributed by atoms with Crippen LogP contribution in [0.4, 0.5) is 0 Å².